The third kappa shape index (κ3) is 3.39. The van der Waals surface area contributed by atoms with Crippen LogP contribution in [0.5, 0.6) is 0 Å². The number of ether oxygens (including phenoxy) is 1. The average Bonchev–Trinajstić information content (AvgIpc) is 3.19. The third-order valence-corrected chi connectivity index (χ3v) is 3.56. The number of halogens is 1. The van der Waals surface area contributed by atoms with Crippen LogP contribution in [0.1, 0.15) is 30.3 Å². The fourth-order valence-corrected chi connectivity index (χ4v) is 2.14. The van der Waals surface area contributed by atoms with Gasteiger partial charge in [-0.2, -0.15) is 5.26 Å². The number of carbonyl (C=O) groups is 2. The molecule has 1 heterocycles. The molecular formula is C13H13BrN2O4. The Hall–Kier alpha value is -1.81. The first-order chi connectivity index (χ1) is 9.44. The van der Waals surface area contributed by atoms with Crippen molar-refractivity contribution in [3.05, 3.63) is 22.6 Å². The quantitative estimate of drug-likeness (QED) is 0.827. The maximum absolute atomic E-state index is 11.7. The highest BCUT2D eigenvalue weighted by molar-refractivity contribution is 9.10. The molecule has 0 radical (unpaired) electrons. The van der Waals surface area contributed by atoms with E-state index in [1.54, 1.807) is 13.0 Å². The molecule has 1 aliphatic carbocycles. The number of nitrogens with one attached hydrogen (secondary N) is 1. The molecule has 1 atom stereocenters. The molecule has 1 fully saturated rings. The van der Waals surface area contributed by atoms with Crippen molar-refractivity contribution in [2.24, 2.45) is 5.92 Å². The van der Waals surface area contributed by atoms with E-state index in [0.717, 1.165) is 12.8 Å². The number of amides is 1. The predicted octanol–water partition coefficient (Wildman–Crippen LogP) is 2.01. The van der Waals surface area contributed by atoms with Gasteiger partial charge in [-0.05, 0) is 53.7 Å². The van der Waals surface area contributed by atoms with E-state index in [0.29, 0.717) is 4.67 Å². The summed E-state index contributed by atoms with van der Waals surface area (Å²) >= 11 is 3.06. The highest BCUT2D eigenvalue weighted by Gasteiger charge is 2.43. The molecule has 1 aromatic heterocycles. The van der Waals surface area contributed by atoms with E-state index < -0.39 is 24.0 Å². The van der Waals surface area contributed by atoms with Crippen molar-refractivity contribution in [2.45, 2.75) is 25.3 Å². The monoisotopic (exact) mass is 340 g/mol. The van der Waals surface area contributed by atoms with Gasteiger partial charge in [-0.15, -0.1) is 0 Å². The van der Waals surface area contributed by atoms with Crippen molar-refractivity contribution in [3.63, 3.8) is 0 Å². The van der Waals surface area contributed by atoms with E-state index in [1.165, 1.54) is 6.07 Å². The van der Waals surface area contributed by atoms with Crippen LogP contribution in [0.2, 0.25) is 0 Å². The van der Waals surface area contributed by atoms with E-state index in [-0.39, 0.29) is 11.7 Å². The minimum Gasteiger partial charge on any atom is -0.450 e. The molecule has 2 rings (SSSR count). The second-order valence-electron chi connectivity index (χ2n) is 4.82. The zero-order chi connectivity index (χ0) is 14.8. The van der Waals surface area contributed by atoms with Gasteiger partial charge in [0.15, 0.2) is 11.3 Å². The Morgan fingerprint density at radius 2 is 2.30 bits per heavy atom. The van der Waals surface area contributed by atoms with Crippen LogP contribution in [-0.2, 0) is 9.53 Å². The second kappa shape index (κ2) is 5.67. The van der Waals surface area contributed by atoms with Gasteiger partial charge in [-0.1, -0.05) is 0 Å². The number of furan rings is 1. The highest BCUT2D eigenvalue weighted by atomic mass is 79.9. The SMILES string of the molecule is C[C@@](C#N)(NC(=O)COC(=O)c1ccc(Br)o1)C1CC1. The largest absolute Gasteiger partial charge is 0.450 e. The molecule has 0 bridgehead atoms. The lowest BCUT2D eigenvalue weighted by atomic mass is 9.98. The van der Waals surface area contributed by atoms with E-state index in [9.17, 15) is 9.59 Å². The van der Waals surface area contributed by atoms with Gasteiger partial charge in [-0.25, -0.2) is 4.79 Å². The number of hydrogen-bond donors (Lipinski definition) is 1. The summed E-state index contributed by atoms with van der Waals surface area (Å²) in [6.07, 6.45) is 1.84. The van der Waals surface area contributed by atoms with E-state index >= 15 is 0 Å². The fraction of sp³-hybridized carbons (Fsp3) is 0.462. The Balaban J connectivity index is 1.83. The molecule has 20 heavy (non-hydrogen) atoms. The van der Waals surface area contributed by atoms with Gasteiger partial charge in [0.05, 0.1) is 6.07 Å². The van der Waals surface area contributed by atoms with Crippen LogP contribution in [0.15, 0.2) is 21.2 Å². The minimum absolute atomic E-state index is 0.00918. The Bertz CT molecular complexity index is 573. The number of rotatable bonds is 5. The van der Waals surface area contributed by atoms with Gasteiger partial charge in [0.25, 0.3) is 5.91 Å². The molecular weight excluding hydrogens is 328 g/mol. The molecule has 1 N–H and O–H groups in total. The standard InChI is InChI=1S/C13H13BrN2O4/c1-13(7-15,8-2-3-8)16-11(17)6-19-12(18)9-4-5-10(14)20-9/h4-5,8H,2-3,6H2,1H3,(H,16,17)/t13-/m0/s1. The summed E-state index contributed by atoms with van der Waals surface area (Å²) in [5.74, 6) is -1.04. The third-order valence-electron chi connectivity index (χ3n) is 3.13. The van der Waals surface area contributed by atoms with Crippen molar-refractivity contribution < 1.29 is 18.7 Å². The number of nitriles is 1. The van der Waals surface area contributed by atoms with Gasteiger partial charge in [0, 0.05) is 0 Å². The van der Waals surface area contributed by atoms with Crippen molar-refractivity contribution in [3.8, 4) is 6.07 Å². The van der Waals surface area contributed by atoms with Gasteiger partial charge >= 0.3 is 5.97 Å². The lowest BCUT2D eigenvalue weighted by Gasteiger charge is -2.22. The zero-order valence-corrected chi connectivity index (χ0v) is 12.4. The summed E-state index contributed by atoms with van der Waals surface area (Å²) in [7, 11) is 0. The maximum Gasteiger partial charge on any atom is 0.374 e. The first-order valence-corrected chi connectivity index (χ1v) is 6.88. The smallest absolute Gasteiger partial charge is 0.374 e. The van der Waals surface area contributed by atoms with Crippen molar-refractivity contribution in [1.29, 1.82) is 5.26 Å². The molecule has 0 spiro atoms. The number of esters is 1. The van der Waals surface area contributed by atoms with E-state index in [2.05, 4.69) is 27.3 Å². The van der Waals surface area contributed by atoms with Crippen LogP contribution in [0.4, 0.5) is 0 Å². The van der Waals surface area contributed by atoms with Crippen LogP contribution in [0, 0.1) is 17.2 Å². The molecule has 106 valence electrons. The topological polar surface area (TPSA) is 92.3 Å². The molecule has 6 nitrogen and oxygen atoms in total. The first-order valence-electron chi connectivity index (χ1n) is 6.09. The van der Waals surface area contributed by atoms with Gasteiger partial charge in [0.1, 0.15) is 5.54 Å². The highest BCUT2D eigenvalue weighted by Crippen LogP contribution is 2.39. The summed E-state index contributed by atoms with van der Waals surface area (Å²) in [4.78, 5) is 23.3. The molecule has 0 aromatic carbocycles. The van der Waals surface area contributed by atoms with Gasteiger partial charge in [0.2, 0.25) is 5.76 Å². The van der Waals surface area contributed by atoms with Crippen LogP contribution in [-0.4, -0.2) is 24.0 Å². The number of carbonyl (C=O) groups excluding carboxylic acids is 2. The molecule has 1 saturated carbocycles. The maximum atomic E-state index is 11.7. The summed E-state index contributed by atoms with van der Waals surface area (Å²) in [6, 6.07) is 5.09. The Morgan fingerprint density at radius 1 is 1.60 bits per heavy atom. The van der Waals surface area contributed by atoms with Crippen molar-refractivity contribution in [2.75, 3.05) is 6.61 Å². The van der Waals surface area contributed by atoms with Gasteiger partial charge < -0.3 is 14.5 Å². The lowest BCUT2D eigenvalue weighted by Crippen LogP contribution is -2.48. The predicted molar refractivity (Wildman–Crippen MR) is 71.6 cm³/mol. The number of hydrogen-bond acceptors (Lipinski definition) is 5. The number of nitrogens with zero attached hydrogens (tertiary/aromatic N) is 1. The van der Waals surface area contributed by atoms with E-state index in [4.69, 9.17) is 14.4 Å². The van der Waals surface area contributed by atoms with Crippen LogP contribution in [0.25, 0.3) is 0 Å². The zero-order valence-electron chi connectivity index (χ0n) is 10.8. The fourth-order valence-electron chi connectivity index (χ4n) is 1.83. The summed E-state index contributed by atoms with van der Waals surface area (Å²) in [5.41, 5.74) is -0.892. The molecule has 0 unspecified atom stereocenters. The molecule has 1 amide bonds. The van der Waals surface area contributed by atoms with Crippen LogP contribution in [0.3, 0.4) is 0 Å². The molecule has 0 aliphatic heterocycles. The molecule has 1 aromatic rings. The van der Waals surface area contributed by atoms with Crippen LogP contribution >= 0.6 is 15.9 Å². The Morgan fingerprint density at radius 3 is 2.80 bits per heavy atom. The normalized spacial score (nSPS) is 16.9. The molecule has 0 saturated heterocycles. The lowest BCUT2D eigenvalue weighted by molar-refractivity contribution is -0.125. The molecule has 1 aliphatic rings. The minimum atomic E-state index is -0.892. The van der Waals surface area contributed by atoms with Crippen LogP contribution < -0.4 is 5.32 Å². The molecule has 7 heteroatoms. The van der Waals surface area contributed by atoms with Gasteiger partial charge in [-0.3, -0.25) is 4.79 Å². The Labute approximate surface area is 124 Å². The van der Waals surface area contributed by atoms with Crippen molar-refractivity contribution >= 4 is 27.8 Å². The second-order valence-corrected chi connectivity index (χ2v) is 5.60. The van der Waals surface area contributed by atoms with Crippen molar-refractivity contribution in [1.82, 2.24) is 5.32 Å². The summed E-state index contributed by atoms with van der Waals surface area (Å²) in [5, 5.41) is 11.7. The first kappa shape index (κ1) is 14.6. The summed E-state index contributed by atoms with van der Waals surface area (Å²) < 4.78 is 10.2. The summed E-state index contributed by atoms with van der Waals surface area (Å²) in [6.45, 7) is 1.23. The van der Waals surface area contributed by atoms with E-state index in [1.807, 2.05) is 0 Å². The Kier molecular flexibility index (Phi) is 4.14. The average molecular weight is 341 g/mol.